The Bertz CT molecular complexity index is 498. The molecule has 3 heteroatoms. The highest BCUT2D eigenvalue weighted by molar-refractivity contribution is 9.10. The van der Waals surface area contributed by atoms with E-state index in [1.165, 1.54) is 0 Å². The van der Waals surface area contributed by atoms with E-state index in [1.54, 1.807) is 0 Å². The van der Waals surface area contributed by atoms with E-state index in [9.17, 15) is 5.11 Å². The summed E-state index contributed by atoms with van der Waals surface area (Å²) in [5.74, 6) is 0.0421. The molecule has 0 radical (unpaired) electrons. The molecule has 0 spiro atoms. The fourth-order valence-corrected chi connectivity index (χ4v) is 2.49. The van der Waals surface area contributed by atoms with Crippen LogP contribution in [0, 0.1) is 0 Å². The van der Waals surface area contributed by atoms with E-state index in [2.05, 4.69) is 33.4 Å². The molecule has 0 saturated heterocycles. The lowest BCUT2D eigenvalue weighted by atomic mass is 9.89. The molecule has 0 amide bonds. The van der Waals surface area contributed by atoms with Gasteiger partial charge in [-0.2, -0.15) is 0 Å². The van der Waals surface area contributed by atoms with Gasteiger partial charge in [0.15, 0.2) is 0 Å². The number of benzene rings is 2. The van der Waals surface area contributed by atoms with Crippen molar-refractivity contribution < 1.29 is 5.11 Å². The Labute approximate surface area is 122 Å². The highest BCUT2D eigenvalue weighted by Gasteiger charge is 2.21. The summed E-state index contributed by atoms with van der Waals surface area (Å²) in [5.41, 5.74) is 2.08. The maximum atomic E-state index is 10.6. The van der Waals surface area contributed by atoms with E-state index in [-0.39, 0.29) is 5.92 Å². The first-order valence-corrected chi connectivity index (χ1v) is 7.14. The van der Waals surface area contributed by atoms with Gasteiger partial charge in [0.1, 0.15) is 0 Å². The highest BCUT2D eigenvalue weighted by atomic mass is 79.9. The summed E-state index contributed by atoms with van der Waals surface area (Å²) in [6.07, 6.45) is -0.505. The number of aliphatic hydroxyl groups is 1. The molecule has 0 unspecified atom stereocenters. The Balaban J connectivity index is 2.27. The zero-order valence-electron chi connectivity index (χ0n) is 10.9. The van der Waals surface area contributed by atoms with Crippen LogP contribution in [0.5, 0.6) is 0 Å². The Morgan fingerprint density at radius 1 is 1.00 bits per heavy atom. The molecular weight excluding hydrogens is 302 g/mol. The number of nitrogens with one attached hydrogen (secondary N) is 1. The van der Waals surface area contributed by atoms with Crippen LogP contribution in [-0.4, -0.2) is 18.7 Å². The zero-order valence-corrected chi connectivity index (χ0v) is 12.5. The first kappa shape index (κ1) is 14.3. The molecule has 2 aromatic carbocycles. The summed E-state index contributed by atoms with van der Waals surface area (Å²) >= 11 is 3.44. The third-order valence-corrected chi connectivity index (χ3v) is 3.77. The van der Waals surface area contributed by atoms with Gasteiger partial charge < -0.3 is 10.4 Å². The average Bonchev–Trinajstić information content (AvgIpc) is 2.46. The lowest BCUT2D eigenvalue weighted by Gasteiger charge is -2.23. The topological polar surface area (TPSA) is 32.3 Å². The molecule has 0 bridgehead atoms. The number of rotatable bonds is 5. The van der Waals surface area contributed by atoms with Gasteiger partial charge in [0.05, 0.1) is 6.10 Å². The minimum atomic E-state index is -0.505. The van der Waals surface area contributed by atoms with Crippen molar-refractivity contribution in [3.05, 3.63) is 70.2 Å². The molecule has 2 N–H and O–H groups in total. The number of hydrogen-bond donors (Lipinski definition) is 2. The van der Waals surface area contributed by atoms with Crippen molar-refractivity contribution in [1.82, 2.24) is 5.32 Å². The number of likely N-dealkylation sites (N-methyl/N-ethyl adjacent to an activating group) is 1. The summed E-state index contributed by atoms with van der Waals surface area (Å²) in [6, 6.07) is 17.9. The lowest BCUT2D eigenvalue weighted by Crippen LogP contribution is -2.23. The minimum Gasteiger partial charge on any atom is -0.388 e. The first-order valence-electron chi connectivity index (χ1n) is 6.35. The van der Waals surface area contributed by atoms with Crippen LogP contribution < -0.4 is 5.32 Å². The second-order valence-corrected chi connectivity index (χ2v) is 5.49. The van der Waals surface area contributed by atoms with Crippen molar-refractivity contribution in [2.45, 2.75) is 12.0 Å². The molecule has 0 heterocycles. The summed E-state index contributed by atoms with van der Waals surface area (Å²) in [6.45, 7) is 0.734. The van der Waals surface area contributed by atoms with Gasteiger partial charge in [-0.25, -0.2) is 0 Å². The second kappa shape index (κ2) is 6.85. The molecule has 0 aliphatic heterocycles. The van der Waals surface area contributed by atoms with E-state index in [0.717, 1.165) is 22.1 Å². The van der Waals surface area contributed by atoms with Crippen LogP contribution in [0.4, 0.5) is 0 Å². The first-order chi connectivity index (χ1) is 9.22. The Morgan fingerprint density at radius 3 is 2.21 bits per heavy atom. The molecule has 2 aromatic rings. The third kappa shape index (κ3) is 3.66. The molecule has 2 nitrogen and oxygen atoms in total. The van der Waals surface area contributed by atoms with Crippen molar-refractivity contribution in [2.75, 3.05) is 13.6 Å². The Kier molecular flexibility index (Phi) is 5.14. The monoisotopic (exact) mass is 319 g/mol. The summed E-state index contributed by atoms with van der Waals surface area (Å²) in [4.78, 5) is 0. The molecule has 2 rings (SSSR count). The number of hydrogen-bond acceptors (Lipinski definition) is 2. The number of aliphatic hydroxyl groups excluding tert-OH is 1. The van der Waals surface area contributed by atoms with Crippen LogP contribution in [0.3, 0.4) is 0 Å². The van der Waals surface area contributed by atoms with E-state index < -0.39 is 6.10 Å². The second-order valence-electron chi connectivity index (χ2n) is 4.57. The van der Waals surface area contributed by atoms with Gasteiger partial charge in [-0.15, -0.1) is 0 Å². The molecule has 100 valence electrons. The molecule has 2 atom stereocenters. The van der Waals surface area contributed by atoms with Crippen molar-refractivity contribution in [3.8, 4) is 0 Å². The summed E-state index contributed by atoms with van der Waals surface area (Å²) < 4.78 is 1.05. The van der Waals surface area contributed by atoms with E-state index in [0.29, 0.717) is 0 Å². The van der Waals surface area contributed by atoms with Crippen LogP contribution in [0.15, 0.2) is 59.1 Å². The summed E-state index contributed by atoms with van der Waals surface area (Å²) in [7, 11) is 1.91. The minimum absolute atomic E-state index is 0.0421. The van der Waals surface area contributed by atoms with Gasteiger partial charge in [0, 0.05) is 16.9 Å². The third-order valence-electron chi connectivity index (χ3n) is 3.24. The highest BCUT2D eigenvalue weighted by Crippen LogP contribution is 2.31. The zero-order chi connectivity index (χ0) is 13.7. The molecular formula is C16H18BrNO. The normalized spacial score (nSPS) is 14.1. The van der Waals surface area contributed by atoms with Crippen molar-refractivity contribution in [2.24, 2.45) is 0 Å². The average molecular weight is 320 g/mol. The van der Waals surface area contributed by atoms with E-state index >= 15 is 0 Å². The largest absolute Gasteiger partial charge is 0.388 e. The van der Waals surface area contributed by atoms with E-state index in [1.807, 2.05) is 49.5 Å². The molecule has 0 aliphatic rings. The van der Waals surface area contributed by atoms with Crippen molar-refractivity contribution in [1.29, 1.82) is 0 Å². The van der Waals surface area contributed by atoms with Gasteiger partial charge in [-0.1, -0.05) is 58.4 Å². The molecule has 0 fully saturated rings. The fourth-order valence-electron chi connectivity index (χ4n) is 2.22. The SMILES string of the molecule is CNC[C@H](c1ccc(Br)cc1)[C@H](O)c1ccccc1. The van der Waals surface area contributed by atoms with Crippen LogP contribution in [-0.2, 0) is 0 Å². The Morgan fingerprint density at radius 2 is 1.63 bits per heavy atom. The smallest absolute Gasteiger partial charge is 0.0870 e. The molecule has 0 aromatic heterocycles. The Hall–Kier alpha value is -1.16. The van der Waals surface area contributed by atoms with Crippen LogP contribution in [0.1, 0.15) is 23.1 Å². The molecule has 19 heavy (non-hydrogen) atoms. The molecule has 0 saturated carbocycles. The summed E-state index contributed by atoms with van der Waals surface area (Å²) in [5, 5.41) is 13.7. The predicted molar refractivity (Wildman–Crippen MR) is 82.2 cm³/mol. The van der Waals surface area contributed by atoms with Crippen molar-refractivity contribution in [3.63, 3.8) is 0 Å². The van der Waals surface area contributed by atoms with E-state index in [4.69, 9.17) is 0 Å². The number of halogens is 1. The van der Waals surface area contributed by atoms with Gasteiger partial charge >= 0.3 is 0 Å². The van der Waals surface area contributed by atoms with Gasteiger partial charge in [-0.3, -0.25) is 0 Å². The lowest BCUT2D eigenvalue weighted by molar-refractivity contribution is 0.144. The predicted octanol–water partition coefficient (Wildman–Crippen LogP) is 3.49. The quantitative estimate of drug-likeness (QED) is 0.884. The van der Waals surface area contributed by atoms with Crippen LogP contribution >= 0.6 is 15.9 Å². The van der Waals surface area contributed by atoms with Crippen LogP contribution in [0.25, 0.3) is 0 Å². The van der Waals surface area contributed by atoms with Crippen molar-refractivity contribution >= 4 is 15.9 Å². The maximum Gasteiger partial charge on any atom is 0.0870 e. The van der Waals surface area contributed by atoms with Gasteiger partial charge in [0.2, 0.25) is 0 Å². The molecule has 0 aliphatic carbocycles. The van der Waals surface area contributed by atoms with Crippen LogP contribution in [0.2, 0.25) is 0 Å². The maximum absolute atomic E-state index is 10.6. The fraction of sp³-hybridized carbons (Fsp3) is 0.250. The van der Waals surface area contributed by atoms with Gasteiger partial charge in [-0.05, 0) is 30.3 Å². The standard InChI is InChI=1S/C16H18BrNO/c1-18-11-15(12-7-9-14(17)10-8-12)16(19)13-5-3-2-4-6-13/h2-10,15-16,18-19H,11H2,1H3/t15-,16-/m1/s1. The van der Waals surface area contributed by atoms with Gasteiger partial charge in [0.25, 0.3) is 0 Å².